The number of carbonyl (C=O) groups excluding carboxylic acids is 2. The van der Waals surface area contributed by atoms with Gasteiger partial charge in [-0.15, -0.1) is 0 Å². The molecule has 1 atom stereocenters. The third kappa shape index (κ3) is 4.25. The molecule has 1 saturated heterocycles. The molecule has 0 saturated carbocycles. The number of aryl methyl sites for hydroxylation is 1. The number of likely N-dealkylation sites (N-methyl/N-ethyl adjacent to an activating group) is 1. The fraction of sp³-hybridized carbons (Fsp3) is 0.333. The molecule has 1 N–H and O–H groups in total. The molecule has 1 aliphatic rings. The molecule has 5 nitrogen and oxygen atoms in total. The Morgan fingerprint density at radius 2 is 1.62 bits per heavy atom. The Bertz CT molecular complexity index is 899. The van der Waals surface area contributed by atoms with Crippen molar-refractivity contribution in [3.05, 3.63) is 76.9 Å². The number of aliphatic hydroxyl groups is 1. The van der Waals surface area contributed by atoms with E-state index in [-0.39, 0.29) is 11.3 Å². The zero-order valence-corrected chi connectivity index (χ0v) is 17.3. The molecule has 0 aliphatic carbocycles. The standard InChI is InChI=1S/C24H28N2O3/c1-4-25(5-2)15-16-26-21(18-13-11-17(3)12-14-18)20(23(28)24(26)29)22(27)19-9-7-6-8-10-19/h6-14,21,27H,4-5,15-16H2,1-3H3/b22-20+/t21-/m0/s1. The van der Waals surface area contributed by atoms with Crippen molar-refractivity contribution >= 4 is 17.4 Å². The molecule has 152 valence electrons. The van der Waals surface area contributed by atoms with Gasteiger partial charge in [-0.25, -0.2) is 0 Å². The molecule has 2 aromatic rings. The second-order valence-corrected chi connectivity index (χ2v) is 7.30. The molecule has 1 heterocycles. The minimum atomic E-state index is -0.628. The van der Waals surface area contributed by atoms with Crippen molar-refractivity contribution in [3.63, 3.8) is 0 Å². The molecule has 29 heavy (non-hydrogen) atoms. The van der Waals surface area contributed by atoms with Crippen molar-refractivity contribution in [1.82, 2.24) is 9.80 Å². The van der Waals surface area contributed by atoms with E-state index in [0.29, 0.717) is 18.7 Å². The van der Waals surface area contributed by atoms with Crippen LogP contribution in [-0.2, 0) is 9.59 Å². The number of likely N-dealkylation sites (tertiary alicyclic amines) is 1. The van der Waals surface area contributed by atoms with Crippen LogP contribution in [-0.4, -0.2) is 52.8 Å². The number of benzene rings is 2. The fourth-order valence-electron chi connectivity index (χ4n) is 3.75. The number of hydrogen-bond donors (Lipinski definition) is 1. The number of rotatable bonds is 7. The highest BCUT2D eigenvalue weighted by atomic mass is 16.3. The Labute approximate surface area is 172 Å². The van der Waals surface area contributed by atoms with Gasteiger partial charge in [-0.1, -0.05) is 74.0 Å². The van der Waals surface area contributed by atoms with E-state index < -0.39 is 17.7 Å². The molecule has 1 aliphatic heterocycles. The maximum absolute atomic E-state index is 12.9. The van der Waals surface area contributed by atoms with Crippen molar-refractivity contribution in [2.75, 3.05) is 26.2 Å². The SMILES string of the molecule is CCN(CC)CCN1C(=O)C(=O)/C(=C(/O)c2ccccc2)[C@@H]1c1ccc(C)cc1. The van der Waals surface area contributed by atoms with E-state index in [0.717, 1.165) is 24.2 Å². The predicted molar refractivity (Wildman–Crippen MR) is 114 cm³/mol. The van der Waals surface area contributed by atoms with Crippen LogP contribution in [0.25, 0.3) is 5.76 Å². The summed E-state index contributed by atoms with van der Waals surface area (Å²) in [6.45, 7) is 8.99. The van der Waals surface area contributed by atoms with Crippen LogP contribution < -0.4 is 0 Å². The van der Waals surface area contributed by atoms with Gasteiger partial charge in [0.1, 0.15) is 5.76 Å². The summed E-state index contributed by atoms with van der Waals surface area (Å²) in [4.78, 5) is 29.7. The lowest BCUT2D eigenvalue weighted by molar-refractivity contribution is -0.140. The van der Waals surface area contributed by atoms with Crippen LogP contribution in [0.4, 0.5) is 0 Å². The van der Waals surface area contributed by atoms with Gasteiger partial charge < -0.3 is 14.9 Å². The Morgan fingerprint density at radius 1 is 1.00 bits per heavy atom. The second-order valence-electron chi connectivity index (χ2n) is 7.30. The quantitative estimate of drug-likeness (QED) is 0.443. The molecule has 0 bridgehead atoms. The van der Waals surface area contributed by atoms with E-state index in [1.54, 1.807) is 29.2 Å². The van der Waals surface area contributed by atoms with Crippen LogP contribution >= 0.6 is 0 Å². The Kier molecular flexibility index (Phi) is 6.49. The monoisotopic (exact) mass is 392 g/mol. The molecule has 0 spiro atoms. The summed E-state index contributed by atoms with van der Waals surface area (Å²) in [6.07, 6.45) is 0. The molecule has 3 rings (SSSR count). The minimum Gasteiger partial charge on any atom is -0.507 e. The highest BCUT2D eigenvalue weighted by molar-refractivity contribution is 6.46. The van der Waals surface area contributed by atoms with E-state index in [1.165, 1.54) is 0 Å². The van der Waals surface area contributed by atoms with E-state index in [9.17, 15) is 14.7 Å². The fourth-order valence-corrected chi connectivity index (χ4v) is 3.75. The lowest BCUT2D eigenvalue weighted by Gasteiger charge is -2.28. The lowest BCUT2D eigenvalue weighted by Crippen LogP contribution is -2.38. The molecule has 0 aromatic heterocycles. The summed E-state index contributed by atoms with van der Waals surface area (Å²) in [7, 11) is 0. The van der Waals surface area contributed by atoms with Crippen LogP contribution in [0.15, 0.2) is 60.2 Å². The molecular weight excluding hydrogens is 364 g/mol. The van der Waals surface area contributed by atoms with Crippen LogP contribution in [0.5, 0.6) is 0 Å². The van der Waals surface area contributed by atoms with Gasteiger partial charge in [0.25, 0.3) is 11.7 Å². The molecule has 5 heteroatoms. The summed E-state index contributed by atoms with van der Waals surface area (Å²) in [5.74, 6) is -1.31. The van der Waals surface area contributed by atoms with E-state index in [4.69, 9.17) is 0 Å². The maximum Gasteiger partial charge on any atom is 0.295 e. The van der Waals surface area contributed by atoms with Gasteiger partial charge in [-0.3, -0.25) is 9.59 Å². The Balaban J connectivity index is 2.07. The van der Waals surface area contributed by atoms with E-state index in [1.807, 2.05) is 37.3 Å². The molecule has 0 unspecified atom stereocenters. The highest BCUT2D eigenvalue weighted by Gasteiger charge is 2.45. The molecule has 1 fully saturated rings. The smallest absolute Gasteiger partial charge is 0.295 e. The molecule has 2 aromatic carbocycles. The summed E-state index contributed by atoms with van der Waals surface area (Å²) in [5, 5.41) is 11.0. The molecule has 0 radical (unpaired) electrons. The Hall–Kier alpha value is -2.92. The summed E-state index contributed by atoms with van der Waals surface area (Å²) in [6, 6.07) is 16.1. The van der Waals surface area contributed by atoms with Crippen LogP contribution in [0.1, 0.15) is 36.6 Å². The predicted octanol–water partition coefficient (Wildman–Crippen LogP) is 3.76. The lowest BCUT2D eigenvalue weighted by atomic mass is 9.95. The van der Waals surface area contributed by atoms with Crippen LogP contribution in [0.3, 0.4) is 0 Å². The number of ketones is 1. The first-order valence-corrected chi connectivity index (χ1v) is 10.1. The van der Waals surface area contributed by atoms with Crippen molar-refractivity contribution < 1.29 is 14.7 Å². The third-order valence-electron chi connectivity index (χ3n) is 5.53. The zero-order valence-electron chi connectivity index (χ0n) is 17.3. The average Bonchev–Trinajstić information content (AvgIpc) is 3.00. The topological polar surface area (TPSA) is 60.9 Å². The number of hydrogen-bond acceptors (Lipinski definition) is 4. The van der Waals surface area contributed by atoms with Crippen molar-refractivity contribution in [2.45, 2.75) is 26.8 Å². The van der Waals surface area contributed by atoms with Gasteiger partial charge in [0.05, 0.1) is 11.6 Å². The first-order chi connectivity index (χ1) is 14.0. The second kappa shape index (κ2) is 9.05. The van der Waals surface area contributed by atoms with Gasteiger partial charge in [0.2, 0.25) is 0 Å². The van der Waals surface area contributed by atoms with E-state index >= 15 is 0 Å². The van der Waals surface area contributed by atoms with Gasteiger partial charge in [0.15, 0.2) is 0 Å². The number of aliphatic hydroxyl groups excluding tert-OH is 1. The summed E-state index contributed by atoms with van der Waals surface area (Å²) in [5.41, 5.74) is 2.61. The van der Waals surface area contributed by atoms with Crippen molar-refractivity contribution in [1.29, 1.82) is 0 Å². The summed E-state index contributed by atoms with van der Waals surface area (Å²) >= 11 is 0. The number of Topliss-reactive ketones (excluding diaryl/α,β-unsaturated/α-hetero) is 1. The first kappa shape index (κ1) is 20.8. The largest absolute Gasteiger partial charge is 0.507 e. The highest BCUT2D eigenvalue weighted by Crippen LogP contribution is 2.39. The maximum atomic E-state index is 12.9. The van der Waals surface area contributed by atoms with Gasteiger partial charge in [0, 0.05) is 18.7 Å². The van der Waals surface area contributed by atoms with Crippen molar-refractivity contribution in [2.24, 2.45) is 0 Å². The molecular formula is C24H28N2O3. The van der Waals surface area contributed by atoms with Gasteiger partial charge in [-0.05, 0) is 25.6 Å². The summed E-state index contributed by atoms with van der Waals surface area (Å²) < 4.78 is 0. The number of carbonyl (C=O) groups is 2. The van der Waals surface area contributed by atoms with Crippen molar-refractivity contribution in [3.8, 4) is 0 Å². The normalized spacial score (nSPS) is 18.6. The average molecular weight is 392 g/mol. The zero-order chi connectivity index (χ0) is 21.0. The number of amides is 1. The van der Waals surface area contributed by atoms with Crippen LogP contribution in [0.2, 0.25) is 0 Å². The van der Waals surface area contributed by atoms with E-state index in [2.05, 4.69) is 18.7 Å². The van der Waals surface area contributed by atoms with Gasteiger partial charge in [-0.2, -0.15) is 0 Å². The van der Waals surface area contributed by atoms with Gasteiger partial charge >= 0.3 is 0 Å². The Morgan fingerprint density at radius 3 is 2.21 bits per heavy atom. The molecule has 1 amide bonds. The first-order valence-electron chi connectivity index (χ1n) is 10.1. The van der Waals surface area contributed by atoms with Crippen LogP contribution in [0, 0.1) is 6.92 Å². The number of nitrogens with zero attached hydrogens (tertiary/aromatic N) is 2. The third-order valence-corrected chi connectivity index (χ3v) is 5.53. The minimum absolute atomic E-state index is 0.125.